The van der Waals surface area contributed by atoms with Crippen LogP contribution < -0.4 is 10.1 Å². The van der Waals surface area contributed by atoms with Gasteiger partial charge in [0.1, 0.15) is 5.75 Å². The molecule has 0 unspecified atom stereocenters. The molecule has 0 atom stereocenters. The molecule has 1 heterocycles. The number of rotatable bonds is 7. The van der Waals surface area contributed by atoms with Crippen LogP contribution in [0.1, 0.15) is 49.5 Å². The highest BCUT2D eigenvalue weighted by molar-refractivity contribution is 6.21. The molecule has 2 aromatic carbocycles. The van der Waals surface area contributed by atoms with E-state index in [-0.39, 0.29) is 36.3 Å². The Morgan fingerprint density at radius 1 is 1.00 bits per heavy atom. The van der Waals surface area contributed by atoms with E-state index >= 15 is 0 Å². The van der Waals surface area contributed by atoms with E-state index < -0.39 is 5.97 Å². The van der Waals surface area contributed by atoms with Gasteiger partial charge in [-0.1, -0.05) is 11.6 Å². The van der Waals surface area contributed by atoms with Crippen LogP contribution in [0.15, 0.2) is 36.4 Å². The summed E-state index contributed by atoms with van der Waals surface area (Å²) < 4.78 is 9.84. The Morgan fingerprint density at radius 2 is 1.73 bits per heavy atom. The van der Waals surface area contributed by atoms with Crippen LogP contribution in [-0.2, 0) is 9.53 Å². The molecular weight excluding hydrogens is 388 g/mol. The van der Waals surface area contributed by atoms with E-state index in [4.69, 9.17) is 9.47 Å². The normalized spacial score (nSPS) is 12.6. The number of nitrogens with zero attached hydrogens (tertiary/aromatic N) is 1. The van der Waals surface area contributed by atoms with Gasteiger partial charge < -0.3 is 14.8 Å². The first-order valence-electron chi connectivity index (χ1n) is 9.38. The van der Waals surface area contributed by atoms with Crippen LogP contribution in [0.4, 0.5) is 5.69 Å². The summed E-state index contributed by atoms with van der Waals surface area (Å²) in [6, 6.07) is 9.77. The number of methoxy groups -OCH3 is 2. The number of carbonyl (C=O) groups excluding carboxylic acids is 4. The number of amides is 3. The van der Waals surface area contributed by atoms with E-state index in [1.54, 1.807) is 30.3 Å². The number of imide groups is 1. The first kappa shape index (κ1) is 21.0. The Hall–Kier alpha value is -3.68. The second-order valence-electron chi connectivity index (χ2n) is 6.87. The molecule has 3 amide bonds. The van der Waals surface area contributed by atoms with Crippen LogP contribution in [0.25, 0.3) is 0 Å². The highest BCUT2D eigenvalue weighted by Crippen LogP contribution is 2.25. The van der Waals surface area contributed by atoms with Crippen molar-refractivity contribution in [2.75, 3.05) is 26.1 Å². The van der Waals surface area contributed by atoms with Gasteiger partial charge in [-0.3, -0.25) is 19.3 Å². The number of esters is 1. The maximum absolute atomic E-state index is 12.5. The number of fused-ring (bicyclic) bond motifs is 1. The van der Waals surface area contributed by atoms with Crippen LogP contribution in [0, 0.1) is 6.92 Å². The minimum Gasteiger partial charge on any atom is -0.497 e. The number of anilines is 1. The summed E-state index contributed by atoms with van der Waals surface area (Å²) in [5, 5.41) is 2.67. The second kappa shape index (κ2) is 8.77. The average Bonchev–Trinajstić information content (AvgIpc) is 2.97. The van der Waals surface area contributed by atoms with Gasteiger partial charge in [0.25, 0.3) is 11.8 Å². The summed E-state index contributed by atoms with van der Waals surface area (Å²) in [5.41, 5.74) is 2.14. The van der Waals surface area contributed by atoms with Crippen molar-refractivity contribution in [3.8, 4) is 5.75 Å². The predicted octanol–water partition coefficient (Wildman–Crippen LogP) is 2.81. The molecule has 1 aliphatic rings. The SMILES string of the molecule is COC(=O)c1cc(OC)ccc1NC(=O)CCCN1C(=O)c2ccc(C)cc2C1=O. The minimum absolute atomic E-state index is 0.0685. The highest BCUT2D eigenvalue weighted by Gasteiger charge is 2.35. The molecule has 3 rings (SSSR count). The average molecular weight is 410 g/mol. The van der Waals surface area contributed by atoms with Crippen molar-refractivity contribution >= 4 is 29.4 Å². The molecule has 30 heavy (non-hydrogen) atoms. The van der Waals surface area contributed by atoms with Crippen molar-refractivity contribution in [2.45, 2.75) is 19.8 Å². The van der Waals surface area contributed by atoms with Crippen LogP contribution in [-0.4, -0.2) is 49.4 Å². The van der Waals surface area contributed by atoms with Gasteiger partial charge in [-0.25, -0.2) is 4.79 Å². The molecule has 8 heteroatoms. The summed E-state index contributed by atoms with van der Waals surface area (Å²) >= 11 is 0. The first-order chi connectivity index (χ1) is 14.3. The Kier molecular flexibility index (Phi) is 6.15. The highest BCUT2D eigenvalue weighted by atomic mass is 16.5. The van der Waals surface area contributed by atoms with Gasteiger partial charge in [-0.05, 0) is 43.7 Å². The lowest BCUT2D eigenvalue weighted by Crippen LogP contribution is -2.31. The molecule has 0 saturated carbocycles. The molecule has 0 spiro atoms. The van der Waals surface area contributed by atoms with Crippen molar-refractivity contribution < 1.29 is 28.7 Å². The zero-order valence-electron chi connectivity index (χ0n) is 17.0. The van der Waals surface area contributed by atoms with Gasteiger partial charge in [0.2, 0.25) is 5.91 Å². The number of hydrogen-bond donors (Lipinski definition) is 1. The Labute approximate surface area is 173 Å². The molecule has 0 saturated heterocycles. The lowest BCUT2D eigenvalue weighted by Gasteiger charge is -2.14. The number of ether oxygens (including phenoxy) is 2. The fraction of sp³-hybridized carbons (Fsp3) is 0.273. The maximum Gasteiger partial charge on any atom is 0.340 e. The quantitative estimate of drug-likeness (QED) is 0.556. The Morgan fingerprint density at radius 3 is 2.43 bits per heavy atom. The molecule has 0 bridgehead atoms. The zero-order chi connectivity index (χ0) is 21.8. The summed E-state index contributed by atoms with van der Waals surface area (Å²) in [4.78, 5) is 50.4. The molecule has 1 N–H and O–H groups in total. The van der Waals surface area contributed by atoms with Crippen molar-refractivity contribution in [3.05, 3.63) is 58.7 Å². The van der Waals surface area contributed by atoms with Gasteiger partial charge in [0.15, 0.2) is 0 Å². The van der Waals surface area contributed by atoms with Gasteiger partial charge in [-0.15, -0.1) is 0 Å². The summed E-state index contributed by atoms with van der Waals surface area (Å²) in [6.07, 6.45) is 0.360. The van der Waals surface area contributed by atoms with Gasteiger partial charge >= 0.3 is 5.97 Å². The van der Waals surface area contributed by atoms with E-state index in [2.05, 4.69) is 5.32 Å². The minimum atomic E-state index is -0.606. The van der Waals surface area contributed by atoms with Crippen LogP contribution in [0.2, 0.25) is 0 Å². The molecule has 156 valence electrons. The van der Waals surface area contributed by atoms with E-state index in [0.29, 0.717) is 29.0 Å². The maximum atomic E-state index is 12.5. The van der Waals surface area contributed by atoms with E-state index in [9.17, 15) is 19.2 Å². The van der Waals surface area contributed by atoms with Crippen molar-refractivity contribution in [2.24, 2.45) is 0 Å². The monoisotopic (exact) mass is 410 g/mol. The van der Waals surface area contributed by atoms with E-state index in [0.717, 1.165) is 10.5 Å². The number of benzene rings is 2. The summed E-state index contributed by atoms with van der Waals surface area (Å²) in [7, 11) is 2.71. The number of hydrogen-bond acceptors (Lipinski definition) is 6. The molecule has 8 nitrogen and oxygen atoms in total. The molecule has 2 aromatic rings. The molecule has 0 aromatic heterocycles. The summed E-state index contributed by atoms with van der Waals surface area (Å²) in [5.74, 6) is -1.20. The van der Waals surface area contributed by atoms with Gasteiger partial charge in [-0.2, -0.15) is 0 Å². The Bertz CT molecular complexity index is 1030. The third-order valence-electron chi connectivity index (χ3n) is 4.82. The van der Waals surface area contributed by atoms with Crippen molar-refractivity contribution in [1.29, 1.82) is 0 Å². The summed E-state index contributed by atoms with van der Waals surface area (Å²) in [6.45, 7) is 1.98. The van der Waals surface area contributed by atoms with Gasteiger partial charge in [0, 0.05) is 13.0 Å². The number of nitrogens with one attached hydrogen (secondary N) is 1. The lowest BCUT2D eigenvalue weighted by molar-refractivity contribution is -0.116. The van der Waals surface area contributed by atoms with Crippen LogP contribution in [0.5, 0.6) is 5.75 Å². The Balaban J connectivity index is 1.60. The fourth-order valence-corrected chi connectivity index (χ4v) is 3.26. The van der Waals surface area contributed by atoms with Gasteiger partial charge in [0.05, 0.1) is 36.6 Å². The van der Waals surface area contributed by atoms with Crippen molar-refractivity contribution in [3.63, 3.8) is 0 Å². The zero-order valence-corrected chi connectivity index (χ0v) is 17.0. The third kappa shape index (κ3) is 4.17. The van der Waals surface area contributed by atoms with Crippen molar-refractivity contribution in [1.82, 2.24) is 4.90 Å². The molecular formula is C22H22N2O6. The molecule has 0 fully saturated rings. The fourth-order valence-electron chi connectivity index (χ4n) is 3.26. The van der Waals surface area contributed by atoms with Crippen LogP contribution in [0.3, 0.4) is 0 Å². The largest absolute Gasteiger partial charge is 0.497 e. The molecule has 1 aliphatic heterocycles. The first-order valence-corrected chi connectivity index (χ1v) is 9.38. The standard InChI is InChI=1S/C22H22N2O6/c1-13-6-8-15-16(11-13)21(27)24(20(15)26)10-4-5-19(25)23-18-9-7-14(29-2)12-17(18)22(28)30-3/h6-9,11-12H,4-5,10H2,1-3H3,(H,23,25). The number of carbonyl (C=O) groups is 4. The smallest absolute Gasteiger partial charge is 0.340 e. The molecule has 0 radical (unpaired) electrons. The second-order valence-corrected chi connectivity index (χ2v) is 6.87. The topological polar surface area (TPSA) is 102 Å². The predicted molar refractivity (Wildman–Crippen MR) is 109 cm³/mol. The molecule has 0 aliphatic carbocycles. The van der Waals surface area contributed by atoms with E-state index in [1.807, 2.05) is 6.92 Å². The van der Waals surface area contributed by atoms with E-state index in [1.165, 1.54) is 20.3 Å². The lowest BCUT2D eigenvalue weighted by atomic mass is 10.1. The number of aryl methyl sites for hydroxylation is 1. The van der Waals surface area contributed by atoms with Crippen LogP contribution >= 0.6 is 0 Å². The third-order valence-corrected chi connectivity index (χ3v) is 4.82.